The fraction of sp³-hybridized carbons (Fsp3) is 0.261. The second kappa shape index (κ2) is 5.04. The number of benzene rings is 2. The van der Waals surface area contributed by atoms with Crippen LogP contribution in [0.1, 0.15) is 40.3 Å². The zero-order chi connectivity index (χ0) is 19.7. The Hall–Kier alpha value is -2.41. The quantitative estimate of drug-likeness (QED) is 0.550. The van der Waals surface area contributed by atoms with Crippen molar-refractivity contribution in [1.82, 2.24) is 0 Å². The smallest absolute Gasteiger partial charge is 0.199 e. The molecule has 0 N–H and O–H groups in total. The maximum atomic E-state index is 8.50. The second-order valence-electron chi connectivity index (χ2n) is 7.25. The summed E-state index contributed by atoms with van der Waals surface area (Å²) >= 11 is 0. The van der Waals surface area contributed by atoms with Gasteiger partial charge in [-0.25, -0.2) is 0 Å². The molecule has 0 saturated carbocycles. The number of fused-ring (bicyclic) bond motifs is 3. The molecule has 1 nitrogen and oxygen atoms in total. The molecule has 0 atom stereocenters. The minimum absolute atomic E-state index is 0.0111. The van der Waals surface area contributed by atoms with Gasteiger partial charge in [-0.3, -0.25) is 0 Å². The summed E-state index contributed by atoms with van der Waals surface area (Å²) in [4.78, 5) is 0. The highest BCUT2D eigenvalue weighted by atomic mass is 14.9. The number of aromatic nitrogens is 1. The van der Waals surface area contributed by atoms with Crippen LogP contribution in [-0.2, 0) is 12.5 Å². The molecule has 1 aliphatic carbocycles. The highest BCUT2D eigenvalue weighted by Gasteiger charge is 2.36. The van der Waals surface area contributed by atoms with Crippen molar-refractivity contribution in [2.75, 3.05) is 0 Å². The molecule has 0 unspecified atom stereocenters. The Morgan fingerprint density at radius 1 is 0.917 bits per heavy atom. The molecule has 0 amide bonds. The Morgan fingerprint density at radius 3 is 2.46 bits per heavy atom. The summed E-state index contributed by atoms with van der Waals surface area (Å²) in [6.07, 6.45) is 0. The third kappa shape index (κ3) is 1.97. The van der Waals surface area contributed by atoms with E-state index in [1.165, 1.54) is 22.3 Å². The minimum atomic E-state index is -0.108. The molecule has 1 aromatic heterocycles. The summed E-state index contributed by atoms with van der Waals surface area (Å²) in [5.41, 5.74) is 8.47. The van der Waals surface area contributed by atoms with Crippen molar-refractivity contribution < 1.29 is 8.68 Å². The molecular weight excluding hydrogens is 290 g/mol. The van der Waals surface area contributed by atoms with E-state index in [1.54, 1.807) is 0 Å². The van der Waals surface area contributed by atoms with E-state index in [2.05, 4.69) is 57.2 Å². The van der Waals surface area contributed by atoms with Crippen molar-refractivity contribution in [3.63, 3.8) is 0 Å². The zero-order valence-corrected chi connectivity index (χ0v) is 14.9. The van der Waals surface area contributed by atoms with E-state index in [0.29, 0.717) is 11.4 Å². The van der Waals surface area contributed by atoms with Gasteiger partial charge in [0.25, 0.3) is 0 Å². The molecule has 3 aromatic rings. The van der Waals surface area contributed by atoms with E-state index in [0.717, 1.165) is 11.1 Å². The van der Waals surface area contributed by atoms with Gasteiger partial charge < -0.3 is 0 Å². The van der Waals surface area contributed by atoms with E-state index < -0.39 is 0 Å². The molecule has 1 heterocycles. The highest BCUT2D eigenvalue weighted by molar-refractivity contribution is 5.84. The van der Waals surface area contributed by atoms with Gasteiger partial charge in [0, 0.05) is 30.0 Å². The van der Waals surface area contributed by atoms with E-state index in [-0.39, 0.29) is 23.5 Å². The molecule has 4 rings (SSSR count). The molecular formula is C23H24N+. The average Bonchev–Trinajstić information content (AvgIpc) is 2.86. The van der Waals surface area contributed by atoms with Crippen LogP contribution in [0.3, 0.4) is 0 Å². The van der Waals surface area contributed by atoms with Crippen LogP contribution in [0.15, 0.2) is 54.5 Å². The molecule has 0 aliphatic heterocycles. The molecule has 1 heteroatoms. The molecule has 1 aliphatic rings. The Labute approximate surface area is 148 Å². The van der Waals surface area contributed by atoms with Crippen LogP contribution < -0.4 is 4.57 Å². The minimum Gasteiger partial charge on any atom is -0.199 e. The Balaban J connectivity index is 2.05. The third-order valence-electron chi connectivity index (χ3n) is 5.45. The molecule has 0 spiro atoms. The van der Waals surface area contributed by atoms with Gasteiger partial charge in [0.2, 0.25) is 5.69 Å². The zero-order valence-electron chi connectivity index (χ0n) is 17.9. The van der Waals surface area contributed by atoms with Crippen molar-refractivity contribution in [3.8, 4) is 22.4 Å². The van der Waals surface area contributed by atoms with Gasteiger partial charge in [0.1, 0.15) is 7.05 Å². The van der Waals surface area contributed by atoms with Crippen molar-refractivity contribution in [3.05, 3.63) is 76.9 Å². The normalized spacial score (nSPS) is 16.1. The number of hydrogen-bond donors (Lipinski definition) is 0. The predicted molar refractivity (Wildman–Crippen MR) is 100 cm³/mol. The number of rotatable bonds is 1. The fourth-order valence-corrected chi connectivity index (χ4v) is 3.88. The lowest BCUT2D eigenvalue weighted by Crippen LogP contribution is -2.34. The van der Waals surface area contributed by atoms with Crippen LogP contribution in [-0.4, -0.2) is 0 Å². The largest absolute Gasteiger partial charge is 0.212 e. The lowest BCUT2D eigenvalue weighted by atomic mass is 9.81. The van der Waals surface area contributed by atoms with Crippen LogP contribution in [0.4, 0.5) is 0 Å². The molecule has 0 radical (unpaired) electrons. The number of aryl methyl sites for hydroxylation is 1. The van der Waals surface area contributed by atoms with Crippen LogP contribution in [0, 0.1) is 13.8 Å². The monoisotopic (exact) mass is 317 g/mol. The molecule has 120 valence electrons. The lowest BCUT2D eigenvalue weighted by molar-refractivity contribution is -0.666. The van der Waals surface area contributed by atoms with Crippen LogP contribution in [0.2, 0.25) is 0 Å². The van der Waals surface area contributed by atoms with Gasteiger partial charge >= 0.3 is 0 Å². The summed E-state index contributed by atoms with van der Waals surface area (Å²) < 4.78 is 26.7. The summed E-state index contributed by atoms with van der Waals surface area (Å²) in [7, 11) is 1.88. The molecule has 24 heavy (non-hydrogen) atoms. The van der Waals surface area contributed by atoms with Gasteiger partial charge in [-0.05, 0) is 46.8 Å². The van der Waals surface area contributed by atoms with E-state index >= 15 is 0 Å². The highest BCUT2D eigenvalue weighted by Crippen LogP contribution is 2.49. The van der Waals surface area contributed by atoms with Crippen molar-refractivity contribution >= 4 is 0 Å². The van der Waals surface area contributed by atoms with Gasteiger partial charge in [0.05, 0.1) is 4.11 Å². The van der Waals surface area contributed by atoms with Crippen LogP contribution >= 0.6 is 0 Å². The maximum absolute atomic E-state index is 8.50. The topological polar surface area (TPSA) is 3.88 Å². The van der Waals surface area contributed by atoms with Gasteiger partial charge in [-0.1, -0.05) is 44.2 Å². The summed E-state index contributed by atoms with van der Waals surface area (Å²) in [5, 5.41) is 0. The first kappa shape index (κ1) is 12.0. The SMILES string of the molecule is [2H]c1c([2H])c(C)[n+](C)c(-c2cc3c(cc2C)-c2ccccc2C3(C)C)c1[2H]. The molecule has 0 bridgehead atoms. The average molecular weight is 317 g/mol. The molecule has 0 saturated heterocycles. The van der Waals surface area contributed by atoms with Gasteiger partial charge in [-0.15, -0.1) is 0 Å². The maximum Gasteiger partial charge on any atom is 0.212 e. The molecule has 0 fully saturated rings. The van der Waals surface area contributed by atoms with Crippen LogP contribution in [0.5, 0.6) is 0 Å². The third-order valence-corrected chi connectivity index (χ3v) is 5.45. The summed E-state index contributed by atoms with van der Waals surface area (Å²) in [6.45, 7) is 8.39. The predicted octanol–water partition coefficient (Wildman–Crippen LogP) is 5.10. The Bertz CT molecular complexity index is 1080. The lowest BCUT2D eigenvalue weighted by Gasteiger charge is -2.22. The van der Waals surface area contributed by atoms with Crippen molar-refractivity contribution in [1.29, 1.82) is 0 Å². The standard InChI is InChI=1S/C23H24N/c1-15-13-19-17-10-6-7-11-20(17)23(3,4)21(19)14-18(15)22-12-8-9-16(2)24(22)5/h6-14H,1-5H3/q+1/i8D,9D,12D. The van der Waals surface area contributed by atoms with Crippen molar-refractivity contribution in [2.45, 2.75) is 33.1 Å². The van der Waals surface area contributed by atoms with Gasteiger partial charge in [0.15, 0.2) is 5.69 Å². The van der Waals surface area contributed by atoms with Crippen LogP contribution in [0.25, 0.3) is 22.4 Å². The Morgan fingerprint density at radius 2 is 1.67 bits per heavy atom. The second-order valence-corrected chi connectivity index (χ2v) is 7.25. The first-order valence-electron chi connectivity index (χ1n) is 9.88. The summed E-state index contributed by atoms with van der Waals surface area (Å²) in [5.74, 6) is 0. The van der Waals surface area contributed by atoms with Crippen molar-refractivity contribution in [2.24, 2.45) is 7.05 Å². The fourth-order valence-electron chi connectivity index (χ4n) is 3.88. The Kier molecular flexibility index (Phi) is 2.53. The number of pyridine rings is 1. The van der Waals surface area contributed by atoms with E-state index in [4.69, 9.17) is 4.11 Å². The van der Waals surface area contributed by atoms with E-state index in [1.807, 2.05) is 18.5 Å². The van der Waals surface area contributed by atoms with Gasteiger partial charge in [-0.2, -0.15) is 4.57 Å². The molecule has 2 aromatic carbocycles. The van der Waals surface area contributed by atoms with E-state index in [9.17, 15) is 0 Å². The number of hydrogen-bond acceptors (Lipinski definition) is 0. The first-order valence-corrected chi connectivity index (χ1v) is 8.38. The summed E-state index contributed by atoms with van der Waals surface area (Å²) in [6, 6.07) is 13.2. The number of nitrogens with zero attached hydrogens (tertiary/aromatic N) is 1. The first-order chi connectivity index (χ1) is 12.7.